The van der Waals surface area contributed by atoms with Gasteiger partial charge in [-0.05, 0) is 82.1 Å². The average Bonchev–Trinajstić information content (AvgIpc) is 3.45. The first-order chi connectivity index (χ1) is 13.6. The molecule has 3 unspecified atom stereocenters. The van der Waals surface area contributed by atoms with Gasteiger partial charge in [-0.2, -0.15) is 0 Å². The number of hydrogen-bond donors (Lipinski definition) is 1. The van der Waals surface area contributed by atoms with Gasteiger partial charge in [0.15, 0.2) is 5.60 Å². The van der Waals surface area contributed by atoms with Crippen LogP contribution in [0.5, 0.6) is 5.75 Å². The number of rotatable bonds is 7. The van der Waals surface area contributed by atoms with E-state index < -0.39 is 11.7 Å². The van der Waals surface area contributed by atoms with Crippen molar-refractivity contribution in [1.29, 1.82) is 0 Å². The first-order valence-electron chi connectivity index (χ1n) is 10.4. The number of carbonyl (C=O) groups excluding carboxylic acids is 1. The van der Waals surface area contributed by atoms with Crippen LogP contribution in [0.1, 0.15) is 67.0 Å². The van der Waals surface area contributed by atoms with Gasteiger partial charge in [0.1, 0.15) is 5.75 Å². The van der Waals surface area contributed by atoms with Crippen LogP contribution in [0.2, 0.25) is 0 Å². The Labute approximate surface area is 173 Å². The Balaban J connectivity index is 1.75. The summed E-state index contributed by atoms with van der Waals surface area (Å²) in [5.74, 6) is 0.935. The van der Waals surface area contributed by atoms with Crippen molar-refractivity contribution >= 4 is 5.97 Å². The van der Waals surface area contributed by atoms with E-state index in [9.17, 15) is 9.90 Å². The van der Waals surface area contributed by atoms with Crippen LogP contribution in [0.3, 0.4) is 0 Å². The van der Waals surface area contributed by atoms with E-state index in [0.717, 1.165) is 28.9 Å². The van der Waals surface area contributed by atoms with Gasteiger partial charge in [0.2, 0.25) is 0 Å². The van der Waals surface area contributed by atoms with Crippen LogP contribution in [0.25, 0.3) is 0 Å². The van der Waals surface area contributed by atoms with Crippen molar-refractivity contribution in [3.63, 3.8) is 0 Å². The molecule has 0 spiro atoms. The van der Waals surface area contributed by atoms with E-state index in [1.807, 2.05) is 38.1 Å². The summed E-state index contributed by atoms with van der Waals surface area (Å²) in [4.78, 5) is 12.2. The van der Waals surface area contributed by atoms with Crippen LogP contribution in [0.4, 0.5) is 0 Å². The molecule has 0 heterocycles. The summed E-state index contributed by atoms with van der Waals surface area (Å²) in [5.41, 5.74) is 4.34. The molecular weight excluding hydrogens is 364 g/mol. The maximum absolute atomic E-state index is 12.2. The van der Waals surface area contributed by atoms with Crippen molar-refractivity contribution in [1.82, 2.24) is 0 Å². The van der Waals surface area contributed by atoms with Crippen LogP contribution in [-0.4, -0.2) is 23.3 Å². The SMILES string of the molecule is CCOC(=O)C(C)(C)Oc1c(C)cc(C2CC2C(O)c2ccc(C)cc2)cc1C. The number of benzene rings is 2. The molecule has 2 aromatic rings. The van der Waals surface area contributed by atoms with Gasteiger partial charge in [-0.3, -0.25) is 0 Å². The van der Waals surface area contributed by atoms with Gasteiger partial charge in [0.05, 0.1) is 12.7 Å². The molecule has 1 fully saturated rings. The third-order valence-electron chi connectivity index (χ3n) is 5.70. The predicted molar refractivity (Wildman–Crippen MR) is 114 cm³/mol. The van der Waals surface area contributed by atoms with E-state index in [4.69, 9.17) is 9.47 Å². The van der Waals surface area contributed by atoms with E-state index in [1.54, 1.807) is 20.8 Å². The van der Waals surface area contributed by atoms with Crippen molar-refractivity contribution in [2.75, 3.05) is 6.61 Å². The summed E-state index contributed by atoms with van der Waals surface area (Å²) < 4.78 is 11.2. The van der Waals surface area contributed by atoms with Crippen molar-refractivity contribution in [3.05, 3.63) is 64.2 Å². The first kappa shape index (κ1) is 21.4. The summed E-state index contributed by atoms with van der Waals surface area (Å²) in [6.07, 6.45) is 0.530. The molecule has 1 saturated carbocycles. The molecule has 3 atom stereocenters. The summed E-state index contributed by atoms with van der Waals surface area (Å²) in [6.45, 7) is 11.6. The largest absolute Gasteiger partial charge is 0.476 e. The fraction of sp³-hybridized carbons (Fsp3) is 0.480. The molecule has 29 heavy (non-hydrogen) atoms. The van der Waals surface area contributed by atoms with E-state index in [0.29, 0.717) is 12.5 Å². The lowest BCUT2D eigenvalue weighted by Crippen LogP contribution is -2.40. The van der Waals surface area contributed by atoms with Crippen LogP contribution in [0, 0.1) is 26.7 Å². The molecule has 1 aliphatic carbocycles. The van der Waals surface area contributed by atoms with Gasteiger partial charge in [0.25, 0.3) is 0 Å². The highest BCUT2D eigenvalue weighted by atomic mass is 16.6. The van der Waals surface area contributed by atoms with Gasteiger partial charge < -0.3 is 14.6 Å². The lowest BCUT2D eigenvalue weighted by Gasteiger charge is -2.26. The second kappa shape index (κ2) is 8.19. The molecule has 1 aliphatic rings. The smallest absolute Gasteiger partial charge is 0.349 e. The highest BCUT2D eigenvalue weighted by Crippen LogP contribution is 2.54. The topological polar surface area (TPSA) is 55.8 Å². The van der Waals surface area contributed by atoms with Crippen molar-refractivity contribution in [2.24, 2.45) is 5.92 Å². The van der Waals surface area contributed by atoms with E-state index >= 15 is 0 Å². The van der Waals surface area contributed by atoms with Crippen molar-refractivity contribution in [2.45, 2.75) is 65.6 Å². The van der Waals surface area contributed by atoms with E-state index in [-0.39, 0.29) is 11.9 Å². The van der Waals surface area contributed by atoms with Crippen molar-refractivity contribution in [3.8, 4) is 5.75 Å². The Hall–Kier alpha value is -2.33. The lowest BCUT2D eigenvalue weighted by molar-refractivity contribution is -0.158. The van der Waals surface area contributed by atoms with Gasteiger partial charge >= 0.3 is 5.97 Å². The molecule has 0 bridgehead atoms. The fourth-order valence-corrected chi connectivity index (χ4v) is 3.92. The zero-order valence-corrected chi connectivity index (χ0v) is 18.3. The zero-order chi connectivity index (χ0) is 21.3. The first-order valence-corrected chi connectivity index (χ1v) is 10.4. The molecule has 0 aromatic heterocycles. The Kier molecular flexibility index (Phi) is 6.04. The molecule has 0 saturated heterocycles. The second-order valence-corrected chi connectivity index (χ2v) is 8.68. The summed E-state index contributed by atoms with van der Waals surface area (Å²) in [5, 5.41) is 10.8. The maximum atomic E-state index is 12.2. The third kappa shape index (κ3) is 4.64. The molecule has 3 rings (SSSR count). The molecule has 4 nitrogen and oxygen atoms in total. The minimum Gasteiger partial charge on any atom is -0.476 e. The Morgan fingerprint density at radius 2 is 1.72 bits per heavy atom. The number of esters is 1. The Morgan fingerprint density at radius 1 is 1.14 bits per heavy atom. The predicted octanol–water partition coefficient (Wildman–Crippen LogP) is 5.17. The van der Waals surface area contributed by atoms with E-state index in [1.165, 1.54) is 11.1 Å². The number of aliphatic hydroxyl groups excluding tert-OH is 1. The van der Waals surface area contributed by atoms with Gasteiger partial charge in [-0.25, -0.2) is 4.79 Å². The molecule has 1 N–H and O–H groups in total. The van der Waals surface area contributed by atoms with Gasteiger partial charge in [-0.15, -0.1) is 0 Å². The number of ether oxygens (including phenoxy) is 2. The number of hydrogen-bond acceptors (Lipinski definition) is 4. The van der Waals surface area contributed by atoms with Gasteiger partial charge in [-0.1, -0.05) is 42.0 Å². The minimum absolute atomic E-state index is 0.235. The number of aliphatic hydroxyl groups is 1. The standard InChI is InChI=1S/C25H32O4/c1-7-28-24(27)25(5,6)29-23-16(3)12-19(13-17(23)4)20-14-21(20)22(26)18-10-8-15(2)9-11-18/h8-13,20-22,26H,7,14H2,1-6H3. The van der Waals surface area contributed by atoms with Crippen LogP contribution < -0.4 is 4.74 Å². The van der Waals surface area contributed by atoms with Crippen LogP contribution in [-0.2, 0) is 9.53 Å². The average molecular weight is 397 g/mol. The molecule has 4 heteroatoms. The third-order valence-corrected chi connectivity index (χ3v) is 5.70. The molecule has 156 valence electrons. The molecule has 2 aromatic carbocycles. The zero-order valence-electron chi connectivity index (χ0n) is 18.3. The summed E-state index contributed by atoms with van der Waals surface area (Å²) in [6, 6.07) is 12.4. The molecular formula is C25H32O4. The highest BCUT2D eigenvalue weighted by molar-refractivity contribution is 5.79. The summed E-state index contributed by atoms with van der Waals surface area (Å²) in [7, 11) is 0. The lowest BCUT2D eigenvalue weighted by atomic mass is 9.97. The minimum atomic E-state index is -1.04. The fourth-order valence-electron chi connectivity index (χ4n) is 3.92. The second-order valence-electron chi connectivity index (χ2n) is 8.68. The quantitative estimate of drug-likeness (QED) is 0.656. The Morgan fingerprint density at radius 3 is 2.28 bits per heavy atom. The summed E-state index contributed by atoms with van der Waals surface area (Å²) >= 11 is 0. The van der Waals surface area contributed by atoms with Gasteiger partial charge in [0, 0.05) is 0 Å². The van der Waals surface area contributed by atoms with E-state index in [2.05, 4.69) is 19.1 Å². The number of aryl methyl sites for hydroxylation is 3. The molecule has 0 radical (unpaired) electrons. The molecule has 0 aliphatic heterocycles. The Bertz CT molecular complexity index is 859. The van der Waals surface area contributed by atoms with Crippen molar-refractivity contribution < 1.29 is 19.4 Å². The normalized spacial score (nSPS) is 19.6. The van der Waals surface area contributed by atoms with Crippen LogP contribution >= 0.6 is 0 Å². The molecule has 0 amide bonds. The maximum Gasteiger partial charge on any atom is 0.349 e. The number of carbonyl (C=O) groups is 1. The monoisotopic (exact) mass is 396 g/mol. The van der Waals surface area contributed by atoms with Crippen LogP contribution in [0.15, 0.2) is 36.4 Å². The highest BCUT2D eigenvalue weighted by Gasteiger charge is 2.44.